The van der Waals surface area contributed by atoms with Crippen molar-refractivity contribution >= 4 is 11.6 Å². The van der Waals surface area contributed by atoms with Crippen molar-refractivity contribution in [3.05, 3.63) is 0 Å². The van der Waals surface area contributed by atoms with Gasteiger partial charge in [0.15, 0.2) is 0 Å². The first-order valence-corrected chi connectivity index (χ1v) is 5.85. The summed E-state index contributed by atoms with van der Waals surface area (Å²) in [5, 5.41) is 0. The molecular formula is C10H18ClNO. The number of rotatable bonds is 3. The van der Waals surface area contributed by atoms with Gasteiger partial charge in [-0.1, -0.05) is 0 Å². The van der Waals surface area contributed by atoms with E-state index in [9.17, 15) is 0 Å². The van der Waals surface area contributed by atoms with Crippen molar-refractivity contribution in [3.8, 4) is 0 Å². The van der Waals surface area contributed by atoms with E-state index in [1.807, 2.05) is 0 Å². The Morgan fingerprint density at radius 1 is 1.31 bits per heavy atom. The van der Waals surface area contributed by atoms with Crippen LogP contribution in [0.4, 0.5) is 0 Å². The molecule has 2 aliphatic heterocycles. The van der Waals surface area contributed by atoms with Crippen molar-refractivity contribution in [2.75, 3.05) is 25.6 Å². The summed E-state index contributed by atoms with van der Waals surface area (Å²) in [5.41, 5.74) is 0. The molecule has 0 spiro atoms. The molecule has 0 aliphatic carbocycles. The number of likely N-dealkylation sites (tertiary alicyclic amines) is 1. The molecule has 0 bridgehead atoms. The summed E-state index contributed by atoms with van der Waals surface area (Å²) in [7, 11) is 0. The highest BCUT2D eigenvalue weighted by Gasteiger charge is 2.27. The molecule has 2 saturated heterocycles. The van der Waals surface area contributed by atoms with Crippen LogP contribution in [-0.4, -0.2) is 42.6 Å². The van der Waals surface area contributed by atoms with Crippen molar-refractivity contribution in [3.63, 3.8) is 0 Å². The molecule has 0 N–H and O–H groups in total. The van der Waals surface area contributed by atoms with E-state index in [4.69, 9.17) is 16.3 Å². The Labute approximate surface area is 85.2 Å². The topological polar surface area (TPSA) is 12.5 Å². The van der Waals surface area contributed by atoms with Gasteiger partial charge < -0.3 is 4.74 Å². The number of halogens is 1. The molecule has 2 aliphatic rings. The maximum Gasteiger partial charge on any atom is 0.0702 e. The van der Waals surface area contributed by atoms with Gasteiger partial charge in [-0.05, 0) is 32.2 Å². The third-order valence-corrected chi connectivity index (χ3v) is 3.50. The molecule has 3 heteroatoms. The van der Waals surface area contributed by atoms with Crippen LogP contribution in [0.1, 0.15) is 25.7 Å². The number of nitrogens with zero attached hydrogens (tertiary/aromatic N) is 1. The van der Waals surface area contributed by atoms with Crippen LogP contribution >= 0.6 is 11.6 Å². The minimum atomic E-state index is 0.490. The van der Waals surface area contributed by atoms with Crippen LogP contribution in [0.5, 0.6) is 0 Å². The summed E-state index contributed by atoms with van der Waals surface area (Å²) in [5.74, 6) is 0.784. The molecule has 76 valence electrons. The third kappa shape index (κ3) is 2.36. The van der Waals surface area contributed by atoms with Crippen LogP contribution in [0.2, 0.25) is 0 Å². The molecule has 0 aromatic carbocycles. The van der Waals surface area contributed by atoms with Gasteiger partial charge in [-0.2, -0.15) is 0 Å². The SMILES string of the molecule is ClCC1CCCN1CC1CCCO1. The lowest BCUT2D eigenvalue weighted by molar-refractivity contribution is 0.0716. The minimum absolute atomic E-state index is 0.490. The zero-order valence-corrected chi connectivity index (χ0v) is 8.80. The van der Waals surface area contributed by atoms with Crippen LogP contribution < -0.4 is 0 Å². The normalized spacial score (nSPS) is 35.8. The third-order valence-electron chi connectivity index (χ3n) is 3.14. The molecule has 2 nitrogen and oxygen atoms in total. The fraction of sp³-hybridized carbons (Fsp3) is 1.00. The lowest BCUT2D eigenvalue weighted by Crippen LogP contribution is -2.36. The van der Waals surface area contributed by atoms with Crippen molar-refractivity contribution in [1.82, 2.24) is 4.90 Å². The van der Waals surface area contributed by atoms with E-state index in [1.165, 1.54) is 32.2 Å². The van der Waals surface area contributed by atoms with Crippen LogP contribution in [0.15, 0.2) is 0 Å². The van der Waals surface area contributed by atoms with Crippen molar-refractivity contribution in [2.45, 2.75) is 37.8 Å². The van der Waals surface area contributed by atoms with E-state index in [0.717, 1.165) is 19.0 Å². The predicted molar refractivity (Wildman–Crippen MR) is 54.3 cm³/mol. The number of hydrogen-bond donors (Lipinski definition) is 0. The summed E-state index contributed by atoms with van der Waals surface area (Å²) < 4.78 is 5.62. The molecule has 0 radical (unpaired) electrons. The highest BCUT2D eigenvalue weighted by Crippen LogP contribution is 2.21. The van der Waals surface area contributed by atoms with Crippen molar-refractivity contribution in [2.24, 2.45) is 0 Å². The van der Waals surface area contributed by atoms with E-state index in [1.54, 1.807) is 0 Å². The molecule has 0 aromatic rings. The number of hydrogen-bond acceptors (Lipinski definition) is 2. The number of alkyl halides is 1. The zero-order chi connectivity index (χ0) is 9.10. The summed E-state index contributed by atoms with van der Waals surface area (Å²) in [6.07, 6.45) is 5.56. The first-order valence-electron chi connectivity index (χ1n) is 5.32. The van der Waals surface area contributed by atoms with E-state index in [2.05, 4.69) is 4.90 Å². The Morgan fingerprint density at radius 3 is 2.92 bits per heavy atom. The molecule has 0 saturated carbocycles. The van der Waals surface area contributed by atoms with Gasteiger partial charge in [0.2, 0.25) is 0 Å². The van der Waals surface area contributed by atoms with E-state index in [-0.39, 0.29) is 0 Å². The Bertz CT molecular complexity index is 159. The molecular weight excluding hydrogens is 186 g/mol. The Balaban J connectivity index is 1.79. The average Bonchev–Trinajstić information content (AvgIpc) is 2.76. The second kappa shape index (κ2) is 4.63. The monoisotopic (exact) mass is 203 g/mol. The molecule has 2 rings (SSSR count). The molecule has 2 unspecified atom stereocenters. The van der Waals surface area contributed by atoms with Gasteiger partial charge in [0.1, 0.15) is 0 Å². The van der Waals surface area contributed by atoms with Crippen LogP contribution in [0, 0.1) is 0 Å². The van der Waals surface area contributed by atoms with Crippen LogP contribution in [0.25, 0.3) is 0 Å². The quantitative estimate of drug-likeness (QED) is 0.650. The van der Waals surface area contributed by atoms with Crippen molar-refractivity contribution < 1.29 is 4.74 Å². The summed E-state index contributed by atoms with van der Waals surface area (Å²) in [4.78, 5) is 2.50. The first-order chi connectivity index (χ1) is 6.40. The molecule has 13 heavy (non-hydrogen) atoms. The molecule has 2 heterocycles. The maximum atomic E-state index is 5.91. The van der Waals surface area contributed by atoms with Gasteiger partial charge in [0.05, 0.1) is 6.10 Å². The highest BCUT2D eigenvalue weighted by molar-refractivity contribution is 6.18. The fourth-order valence-corrected chi connectivity index (χ4v) is 2.71. The van der Waals surface area contributed by atoms with E-state index >= 15 is 0 Å². The molecule has 0 aromatic heterocycles. The second-order valence-corrected chi connectivity index (χ2v) is 4.39. The van der Waals surface area contributed by atoms with Gasteiger partial charge in [0, 0.05) is 25.1 Å². The maximum absolute atomic E-state index is 5.91. The van der Waals surface area contributed by atoms with Crippen LogP contribution in [-0.2, 0) is 4.74 Å². The Hall–Kier alpha value is 0.210. The summed E-state index contributed by atoms with van der Waals surface area (Å²) in [6, 6.07) is 0.617. The van der Waals surface area contributed by atoms with E-state index in [0.29, 0.717) is 12.1 Å². The Kier molecular flexibility index (Phi) is 3.47. The molecule has 2 atom stereocenters. The standard InChI is InChI=1S/C10H18ClNO/c11-7-9-3-1-5-12(9)8-10-4-2-6-13-10/h9-10H,1-8H2. The smallest absolute Gasteiger partial charge is 0.0702 e. The lowest BCUT2D eigenvalue weighted by atomic mass is 10.2. The van der Waals surface area contributed by atoms with Crippen molar-refractivity contribution in [1.29, 1.82) is 0 Å². The fourth-order valence-electron chi connectivity index (χ4n) is 2.36. The summed E-state index contributed by atoms with van der Waals surface area (Å²) in [6.45, 7) is 3.29. The zero-order valence-electron chi connectivity index (χ0n) is 8.04. The van der Waals surface area contributed by atoms with Gasteiger partial charge >= 0.3 is 0 Å². The van der Waals surface area contributed by atoms with Crippen LogP contribution in [0.3, 0.4) is 0 Å². The van der Waals surface area contributed by atoms with Gasteiger partial charge in [0.25, 0.3) is 0 Å². The van der Waals surface area contributed by atoms with Gasteiger partial charge in [-0.3, -0.25) is 4.90 Å². The largest absolute Gasteiger partial charge is 0.377 e. The average molecular weight is 204 g/mol. The lowest BCUT2D eigenvalue weighted by Gasteiger charge is -2.25. The molecule has 2 fully saturated rings. The number of ether oxygens (including phenoxy) is 1. The summed E-state index contributed by atoms with van der Waals surface area (Å²) >= 11 is 5.91. The Morgan fingerprint density at radius 2 is 2.23 bits per heavy atom. The van der Waals surface area contributed by atoms with E-state index < -0.39 is 0 Å². The van der Waals surface area contributed by atoms with Gasteiger partial charge in [-0.15, -0.1) is 11.6 Å². The molecule has 0 amide bonds. The second-order valence-electron chi connectivity index (χ2n) is 4.08. The predicted octanol–water partition coefficient (Wildman–Crippen LogP) is 1.87. The highest BCUT2D eigenvalue weighted by atomic mass is 35.5. The van der Waals surface area contributed by atoms with Gasteiger partial charge in [-0.25, -0.2) is 0 Å². The first kappa shape index (κ1) is 9.75. The minimum Gasteiger partial charge on any atom is -0.377 e.